The third-order valence-electron chi connectivity index (χ3n) is 12.3. The second-order valence-electron chi connectivity index (χ2n) is 16.7. The minimum atomic E-state index is -0.0901. The summed E-state index contributed by atoms with van der Waals surface area (Å²) in [5, 5.41) is 8.74. The third kappa shape index (κ3) is 12.9. The number of carbonyl (C=O) groups excluding carboxylic acids is 4. The Morgan fingerprint density at radius 1 is 0.723 bits per heavy atom. The van der Waals surface area contributed by atoms with Crippen molar-refractivity contribution in [3.05, 3.63) is 123 Å². The maximum atomic E-state index is 12.9. The number of hydrogen-bond acceptors (Lipinski definition) is 8. The van der Waals surface area contributed by atoms with Gasteiger partial charge in [-0.25, -0.2) is 0 Å². The second kappa shape index (κ2) is 23.6. The van der Waals surface area contributed by atoms with E-state index in [1.165, 1.54) is 11.3 Å². The van der Waals surface area contributed by atoms with Crippen LogP contribution in [0.15, 0.2) is 91.5 Å². The number of hydrogen-bond donors (Lipinski definition) is 3. The molecule has 0 atom stereocenters. The Morgan fingerprint density at radius 2 is 1.34 bits per heavy atom. The standard InChI is InChI=1S/C26H31N3O3S.C24H26Cl2N4O2/c1-2-32-22-9-4-3-8-21(22)26(31)29-15-11-19(12-16-29)7-5-6-13-28-25(30)23-17-20-10-14-27-18-24(20)33-23;25-19-6-3-5-18(22(19)26)24(32)30-12-8-16(9-13-30)4-1-2-10-28-23(31)21-14-17-15-27-11-7-20(17)29-21/h3-4,8-10,14,17-19H,2,5-7,11-13,15-16H2,1H3,(H,28,30);3,5-7,11,14-16,29H,1-2,4,8-10,12-13H2,(H,28,31). The number of fused-ring (bicyclic) bond motifs is 2. The molecule has 6 heterocycles. The number of carbonyl (C=O) groups is 4. The van der Waals surface area contributed by atoms with Gasteiger partial charge in [0.25, 0.3) is 23.6 Å². The van der Waals surface area contributed by atoms with Gasteiger partial charge in [-0.3, -0.25) is 29.1 Å². The van der Waals surface area contributed by atoms with E-state index in [0.29, 0.717) is 64.1 Å². The predicted octanol–water partition coefficient (Wildman–Crippen LogP) is 10.5. The number of amides is 4. The maximum absolute atomic E-state index is 12.9. The number of ether oxygens (including phenoxy) is 1. The number of likely N-dealkylation sites (tertiary alicyclic amines) is 2. The van der Waals surface area contributed by atoms with Gasteiger partial charge in [0.15, 0.2) is 0 Å². The molecule has 0 bridgehead atoms. The fraction of sp³-hybridized carbons (Fsp3) is 0.400. The number of halogens is 2. The quantitative estimate of drug-likeness (QED) is 0.0818. The van der Waals surface area contributed by atoms with Crippen molar-refractivity contribution in [2.75, 3.05) is 45.9 Å². The monoisotopic (exact) mass is 937 g/mol. The van der Waals surface area contributed by atoms with E-state index >= 15 is 0 Å². The summed E-state index contributed by atoms with van der Waals surface area (Å²) >= 11 is 13.7. The topological polar surface area (TPSA) is 150 Å². The lowest BCUT2D eigenvalue weighted by atomic mass is 9.91. The van der Waals surface area contributed by atoms with Crippen LogP contribution in [0.25, 0.3) is 21.0 Å². The lowest BCUT2D eigenvalue weighted by Crippen LogP contribution is -2.38. The molecule has 0 unspecified atom stereocenters. The third-order valence-corrected chi connectivity index (χ3v) is 14.2. The number of para-hydroxylation sites is 1. The van der Waals surface area contributed by atoms with E-state index in [9.17, 15) is 19.2 Å². The molecule has 2 aromatic carbocycles. The van der Waals surface area contributed by atoms with Crippen molar-refractivity contribution in [1.82, 2.24) is 35.4 Å². The van der Waals surface area contributed by atoms with Gasteiger partial charge in [-0.05, 0) is 111 Å². The molecule has 15 heteroatoms. The Morgan fingerprint density at radius 3 is 2.00 bits per heavy atom. The summed E-state index contributed by atoms with van der Waals surface area (Å²) in [7, 11) is 0. The maximum Gasteiger partial charge on any atom is 0.267 e. The summed E-state index contributed by atoms with van der Waals surface area (Å²) in [6, 6.07) is 20.2. The van der Waals surface area contributed by atoms with Gasteiger partial charge < -0.3 is 30.2 Å². The smallest absolute Gasteiger partial charge is 0.267 e. The van der Waals surface area contributed by atoms with Gasteiger partial charge in [0.2, 0.25) is 0 Å². The molecule has 2 fully saturated rings. The van der Waals surface area contributed by atoms with Crippen LogP contribution in [0.5, 0.6) is 5.75 Å². The fourth-order valence-electron chi connectivity index (χ4n) is 8.58. The first-order chi connectivity index (χ1) is 31.7. The van der Waals surface area contributed by atoms with Crippen LogP contribution < -0.4 is 15.4 Å². The van der Waals surface area contributed by atoms with Gasteiger partial charge in [-0.1, -0.05) is 67.1 Å². The zero-order valence-corrected chi connectivity index (χ0v) is 39.2. The Hall–Kier alpha value is -5.50. The Balaban J connectivity index is 0.000000194. The fourth-order valence-corrected chi connectivity index (χ4v) is 9.90. The molecular formula is C50H57Cl2N7O5S. The minimum absolute atomic E-state index is 0.00430. The number of H-pyrrole nitrogens is 1. The van der Waals surface area contributed by atoms with Gasteiger partial charge in [-0.2, -0.15) is 0 Å². The van der Waals surface area contributed by atoms with Crippen LogP contribution in [0.3, 0.4) is 0 Å². The Labute approximate surface area is 394 Å². The molecule has 12 nitrogen and oxygen atoms in total. The van der Waals surface area contributed by atoms with Crippen LogP contribution in [0.2, 0.25) is 10.0 Å². The highest BCUT2D eigenvalue weighted by Crippen LogP contribution is 2.30. The number of pyridine rings is 2. The summed E-state index contributed by atoms with van der Waals surface area (Å²) in [5.41, 5.74) is 2.60. The average Bonchev–Trinajstić information content (AvgIpc) is 3.98. The van der Waals surface area contributed by atoms with Crippen molar-refractivity contribution < 1.29 is 23.9 Å². The van der Waals surface area contributed by atoms with E-state index in [4.69, 9.17) is 27.9 Å². The molecule has 342 valence electrons. The minimum Gasteiger partial charge on any atom is -0.493 e. The number of thiophene rings is 1. The van der Waals surface area contributed by atoms with Gasteiger partial charge in [0.1, 0.15) is 11.4 Å². The summed E-state index contributed by atoms with van der Waals surface area (Å²) in [4.78, 5) is 66.3. The number of unbranched alkanes of at least 4 members (excludes halogenated alkanes) is 2. The van der Waals surface area contributed by atoms with Crippen LogP contribution >= 0.6 is 34.5 Å². The molecule has 0 aliphatic carbocycles. The summed E-state index contributed by atoms with van der Waals surface area (Å²) in [6.45, 7) is 6.88. The molecule has 65 heavy (non-hydrogen) atoms. The lowest BCUT2D eigenvalue weighted by molar-refractivity contribution is 0.0675. The summed E-state index contributed by atoms with van der Waals surface area (Å²) in [6.07, 6.45) is 17.3. The number of rotatable bonds is 16. The van der Waals surface area contributed by atoms with Gasteiger partial charge in [-0.15, -0.1) is 11.3 Å². The van der Waals surface area contributed by atoms with E-state index in [1.807, 2.05) is 65.3 Å². The number of piperidine rings is 2. The predicted molar refractivity (Wildman–Crippen MR) is 259 cm³/mol. The molecule has 0 saturated carbocycles. The number of nitrogens with one attached hydrogen (secondary N) is 3. The van der Waals surface area contributed by atoms with Gasteiger partial charge in [0, 0.05) is 75.0 Å². The Kier molecular flexibility index (Phi) is 17.2. The average molecular weight is 939 g/mol. The molecule has 0 radical (unpaired) electrons. The second-order valence-corrected chi connectivity index (χ2v) is 18.5. The van der Waals surface area contributed by atoms with Crippen molar-refractivity contribution in [3.8, 4) is 5.75 Å². The first-order valence-electron chi connectivity index (χ1n) is 22.8. The molecule has 2 aliphatic heterocycles. The molecule has 3 N–H and O–H groups in total. The summed E-state index contributed by atoms with van der Waals surface area (Å²) in [5.74, 6) is 1.83. The van der Waals surface area contributed by atoms with Crippen LogP contribution in [-0.2, 0) is 0 Å². The highest BCUT2D eigenvalue weighted by molar-refractivity contribution is 7.20. The van der Waals surface area contributed by atoms with Crippen molar-refractivity contribution in [3.63, 3.8) is 0 Å². The van der Waals surface area contributed by atoms with E-state index in [0.717, 1.165) is 116 Å². The highest BCUT2D eigenvalue weighted by Gasteiger charge is 2.27. The van der Waals surface area contributed by atoms with Crippen LogP contribution in [0, 0.1) is 11.8 Å². The van der Waals surface area contributed by atoms with Crippen molar-refractivity contribution in [2.24, 2.45) is 11.8 Å². The van der Waals surface area contributed by atoms with Crippen molar-refractivity contribution in [1.29, 1.82) is 0 Å². The van der Waals surface area contributed by atoms with E-state index in [1.54, 1.807) is 43.0 Å². The molecule has 4 aromatic heterocycles. The van der Waals surface area contributed by atoms with Gasteiger partial charge >= 0.3 is 0 Å². The summed E-state index contributed by atoms with van der Waals surface area (Å²) < 4.78 is 6.66. The first-order valence-corrected chi connectivity index (χ1v) is 24.3. The Bertz CT molecular complexity index is 2480. The number of aromatic nitrogens is 3. The normalized spacial score (nSPS) is 14.5. The van der Waals surface area contributed by atoms with Gasteiger partial charge in [0.05, 0.1) is 37.4 Å². The van der Waals surface area contributed by atoms with Crippen LogP contribution in [-0.4, -0.2) is 94.3 Å². The zero-order valence-electron chi connectivity index (χ0n) is 36.8. The molecule has 2 saturated heterocycles. The molecule has 6 aromatic rings. The molecular weight excluding hydrogens is 882 g/mol. The van der Waals surface area contributed by atoms with Crippen molar-refractivity contribution in [2.45, 2.75) is 71.1 Å². The van der Waals surface area contributed by atoms with Crippen LogP contribution in [0.1, 0.15) is 112 Å². The molecule has 8 rings (SSSR count). The molecule has 2 aliphatic rings. The number of benzene rings is 2. The number of aromatic amines is 1. The highest BCUT2D eigenvalue weighted by atomic mass is 35.5. The van der Waals surface area contributed by atoms with Crippen molar-refractivity contribution >= 4 is 79.2 Å². The number of nitrogens with zero attached hydrogens (tertiary/aromatic N) is 4. The van der Waals surface area contributed by atoms with E-state index in [2.05, 4.69) is 25.6 Å². The van der Waals surface area contributed by atoms with Crippen LogP contribution in [0.4, 0.5) is 0 Å². The SMILES string of the molecule is CCOc1ccccc1C(=O)N1CCC(CCCCNC(=O)c2cc3ccncc3s2)CC1.O=C(NCCCCC1CCN(C(=O)c2cccc(Cl)c2Cl)CC1)c1cc2cnccc2[nH]1. The van der Waals surface area contributed by atoms with E-state index in [-0.39, 0.29) is 23.6 Å². The first kappa shape index (κ1) is 47.5. The zero-order chi connectivity index (χ0) is 45.5. The lowest BCUT2D eigenvalue weighted by Gasteiger charge is -2.32. The largest absolute Gasteiger partial charge is 0.493 e. The van der Waals surface area contributed by atoms with E-state index < -0.39 is 0 Å². The molecule has 0 spiro atoms. The molecule has 4 amide bonds.